The molecule has 1 aliphatic rings. The van der Waals surface area contributed by atoms with Gasteiger partial charge in [-0.05, 0) is 46.7 Å². The molecule has 0 bridgehead atoms. The quantitative estimate of drug-likeness (QED) is 0.358. The molecule has 4 aromatic rings. The number of fused-ring (bicyclic) bond motifs is 3. The van der Waals surface area contributed by atoms with Crippen molar-refractivity contribution in [2.45, 2.75) is 18.1 Å². The zero-order chi connectivity index (χ0) is 24.1. The number of rotatable bonds is 2. The van der Waals surface area contributed by atoms with Gasteiger partial charge in [-0.2, -0.15) is 8.78 Å². The Morgan fingerprint density at radius 2 is 1.79 bits per heavy atom. The minimum atomic E-state index is -4.00. The molecule has 0 fully saturated rings. The molecule has 3 heterocycles. The molecule has 170 valence electrons. The molecule has 34 heavy (non-hydrogen) atoms. The molecule has 2 aromatic carbocycles. The molecule has 1 aliphatic heterocycles. The van der Waals surface area contributed by atoms with Crippen LogP contribution < -0.4 is 0 Å². The molecule has 5 rings (SSSR count). The van der Waals surface area contributed by atoms with E-state index in [-0.39, 0.29) is 28.2 Å². The minimum Gasteiger partial charge on any atom is -0.377 e. The van der Waals surface area contributed by atoms with Crippen LogP contribution in [0.3, 0.4) is 0 Å². The van der Waals surface area contributed by atoms with Crippen LogP contribution in [0.5, 0.6) is 0 Å². The van der Waals surface area contributed by atoms with Gasteiger partial charge in [0.2, 0.25) is 0 Å². The summed E-state index contributed by atoms with van der Waals surface area (Å²) < 4.78 is 72.3. The summed E-state index contributed by atoms with van der Waals surface area (Å²) in [6, 6.07) is 5.98. The van der Waals surface area contributed by atoms with Gasteiger partial charge in [0, 0.05) is 16.7 Å². The summed E-state index contributed by atoms with van der Waals surface area (Å²) in [6.07, 6.45) is 1.70. The van der Waals surface area contributed by atoms with Gasteiger partial charge in [-0.1, -0.05) is 12.0 Å². The Morgan fingerprint density at radius 1 is 0.971 bits per heavy atom. The Labute approximate surface area is 187 Å². The molecule has 0 saturated carbocycles. The van der Waals surface area contributed by atoms with Crippen LogP contribution in [0.1, 0.15) is 22.5 Å². The zero-order valence-electron chi connectivity index (χ0n) is 16.8. The molecule has 0 radical (unpaired) electrons. The lowest BCUT2D eigenvalue weighted by molar-refractivity contribution is -0.207. The minimum absolute atomic E-state index is 0.0230. The number of benzene rings is 2. The lowest BCUT2D eigenvalue weighted by Gasteiger charge is -2.39. The van der Waals surface area contributed by atoms with E-state index >= 15 is 8.78 Å². The van der Waals surface area contributed by atoms with Gasteiger partial charge < -0.3 is 5.11 Å². The van der Waals surface area contributed by atoms with Crippen molar-refractivity contribution in [3.63, 3.8) is 0 Å². The highest BCUT2D eigenvalue weighted by atomic mass is 19.3. The Hall–Kier alpha value is -4.24. The summed E-state index contributed by atoms with van der Waals surface area (Å²) in [4.78, 5) is 7.53. The molecule has 0 spiro atoms. The first-order valence-corrected chi connectivity index (χ1v) is 9.65. The molecule has 12 heteroatoms. The van der Waals surface area contributed by atoms with Gasteiger partial charge in [0.25, 0.3) is 0 Å². The van der Waals surface area contributed by atoms with Crippen molar-refractivity contribution in [3.8, 4) is 23.2 Å². The number of aromatic nitrogens is 6. The topological polar surface area (TPSA) is 89.6 Å². The average molecular weight is 470 g/mol. The molecule has 0 saturated heterocycles. The molecule has 1 N–H and O–H groups in total. The highest BCUT2D eigenvalue weighted by Gasteiger charge is 2.59. The lowest BCUT2D eigenvalue weighted by atomic mass is 9.80. The molecule has 1 unspecified atom stereocenters. The third-order valence-electron chi connectivity index (χ3n) is 5.33. The van der Waals surface area contributed by atoms with Crippen LogP contribution in [0.4, 0.5) is 22.0 Å². The number of tetrazole rings is 1. The summed E-state index contributed by atoms with van der Waals surface area (Å²) in [6.45, 7) is -0.722. The van der Waals surface area contributed by atoms with Crippen LogP contribution in [0, 0.1) is 29.3 Å². The SMILES string of the molecule is OC1(C(F)(F)c2cnc(C#Cc3ccc(F)c(F)c3)cn2)Cn2nnnc2-c2cc(F)ccc21. The standard InChI is InChI=1S/C22H11F5N6O/c23-13-3-5-16-15(8-13)20-30-31-32-33(20)11-21(16,34)22(26,27)19-10-28-14(9-29-19)4-1-12-2-6-17(24)18(25)7-12/h2-3,5-10,34H,11H2. The van der Waals surface area contributed by atoms with Crippen molar-refractivity contribution in [2.24, 2.45) is 0 Å². The predicted molar refractivity (Wildman–Crippen MR) is 105 cm³/mol. The van der Waals surface area contributed by atoms with Gasteiger partial charge >= 0.3 is 5.92 Å². The molecule has 2 aromatic heterocycles. The fourth-order valence-corrected chi connectivity index (χ4v) is 3.61. The van der Waals surface area contributed by atoms with Crippen LogP contribution in [0.15, 0.2) is 48.8 Å². The van der Waals surface area contributed by atoms with E-state index < -0.39 is 41.2 Å². The summed E-state index contributed by atoms with van der Waals surface area (Å²) in [7, 11) is 0. The third kappa shape index (κ3) is 3.37. The number of hydrogen-bond acceptors (Lipinski definition) is 6. The number of alkyl halides is 2. The molecule has 7 nitrogen and oxygen atoms in total. The van der Waals surface area contributed by atoms with Crippen molar-refractivity contribution in [3.05, 3.63) is 88.8 Å². The van der Waals surface area contributed by atoms with Gasteiger partial charge in [-0.3, -0.25) is 4.98 Å². The molecular formula is C22H11F5N6O. The van der Waals surface area contributed by atoms with Gasteiger partial charge in [0.15, 0.2) is 23.1 Å². The number of aliphatic hydroxyl groups is 1. The molecule has 0 amide bonds. The number of nitrogens with zero attached hydrogens (tertiary/aromatic N) is 6. The van der Waals surface area contributed by atoms with Gasteiger partial charge in [0.1, 0.15) is 17.2 Å². The van der Waals surface area contributed by atoms with Crippen LogP contribution in [-0.4, -0.2) is 35.3 Å². The van der Waals surface area contributed by atoms with E-state index in [1.165, 1.54) is 6.07 Å². The van der Waals surface area contributed by atoms with E-state index in [2.05, 4.69) is 37.3 Å². The van der Waals surface area contributed by atoms with Gasteiger partial charge in [-0.25, -0.2) is 22.8 Å². The van der Waals surface area contributed by atoms with E-state index in [1.807, 2.05) is 0 Å². The predicted octanol–water partition coefficient (Wildman–Crippen LogP) is 2.94. The summed E-state index contributed by atoms with van der Waals surface area (Å²) >= 11 is 0. The largest absolute Gasteiger partial charge is 0.377 e. The van der Waals surface area contributed by atoms with Crippen LogP contribution >= 0.6 is 0 Å². The Morgan fingerprint density at radius 3 is 2.53 bits per heavy atom. The van der Waals surface area contributed by atoms with Gasteiger partial charge in [0.05, 0.1) is 18.9 Å². The molecular weight excluding hydrogens is 459 g/mol. The lowest BCUT2D eigenvalue weighted by Crippen LogP contribution is -2.49. The van der Waals surface area contributed by atoms with Crippen molar-refractivity contribution >= 4 is 0 Å². The second kappa shape index (κ2) is 7.67. The normalized spacial score (nSPS) is 16.9. The highest BCUT2D eigenvalue weighted by Crippen LogP contribution is 2.50. The monoisotopic (exact) mass is 470 g/mol. The number of hydrogen-bond donors (Lipinski definition) is 1. The highest BCUT2D eigenvalue weighted by molar-refractivity contribution is 5.64. The second-order valence-electron chi connectivity index (χ2n) is 7.45. The smallest absolute Gasteiger partial charge is 0.325 e. The van der Waals surface area contributed by atoms with E-state index in [0.29, 0.717) is 0 Å². The maximum Gasteiger partial charge on any atom is 0.325 e. The maximum absolute atomic E-state index is 15.6. The van der Waals surface area contributed by atoms with Crippen LogP contribution in [0.25, 0.3) is 11.4 Å². The molecule has 0 aliphatic carbocycles. The summed E-state index contributed by atoms with van der Waals surface area (Å²) in [5.74, 6) is -1.76. The Balaban J connectivity index is 1.50. The van der Waals surface area contributed by atoms with Crippen LogP contribution in [-0.2, 0) is 18.1 Å². The van der Waals surface area contributed by atoms with Gasteiger partial charge in [-0.15, -0.1) is 5.10 Å². The number of halogens is 5. The fourth-order valence-electron chi connectivity index (χ4n) is 3.61. The first kappa shape index (κ1) is 21.6. The maximum atomic E-state index is 15.6. The van der Waals surface area contributed by atoms with Crippen molar-refractivity contribution in [1.82, 2.24) is 30.2 Å². The average Bonchev–Trinajstić information content (AvgIpc) is 3.28. The van der Waals surface area contributed by atoms with E-state index in [1.54, 1.807) is 0 Å². The zero-order valence-corrected chi connectivity index (χ0v) is 16.8. The van der Waals surface area contributed by atoms with E-state index in [9.17, 15) is 18.3 Å². The van der Waals surface area contributed by atoms with Crippen molar-refractivity contribution in [2.75, 3.05) is 0 Å². The summed E-state index contributed by atoms with van der Waals surface area (Å²) in [5.41, 5.74) is -3.98. The first-order valence-electron chi connectivity index (χ1n) is 9.65. The Bertz CT molecular complexity index is 1480. The van der Waals surface area contributed by atoms with Crippen molar-refractivity contribution in [1.29, 1.82) is 0 Å². The fraction of sp³-hybridized carbons (Fsp3) is 0.136. The second-order valence-corrected chi connectivity index (χ2v) is 7.45. The van der Waals surface area contributed by atoms with E-state index in [4.69, 9.17) is 0 Å². The van der Waals surface area contributed by atoms with Crippen molar-refractivity contribution < 1.29 is 27.1 Å². The Kier molecular flexibility index (Phi) is 4.87. The van der Waals surface area contributed by atoms with E-state index in [0.717, 1.165) is 47.4 Å². The summed E-state index contributed by atoms with van der Waals surface area (Å²) in [5, 5.41) is 21.9. The third-order valence-corrected chi connectivity index (χ3v) is 5.33. The first-order chi connectivity index (χ1) is 16.2. The van der Waals surface area contributed by atoms with Crippen LogP contribution in [0.2, 0.25) is 0 Å². The molecule has 1 atom stereocenters.